The Morgan fingerprint density at radius 2 is 1.83 bits per heavy atom. The maximum absolute atomic E-state index is 13.6. The van der Waals surface area contributed by atoms with Gasteiger partial charge in [0.25, 0.3) is 0 Å². The summed E-state index contributed by atoms with van der Waals surface area (Å²) in [5.41, 5.74) is 2.30. The normalized spacial score (nSPS) is 24.0. The quantitative estimate of drug-likeness (QED) is 0.634. The summed E-state index contributed by atoms with van der Waals surface area (Å²) in [5.74, 6) is -0.151. The number of ether oxygens (including phenoxy) is 1. The van der Waals surface area contributed by atoms with Crippen LogP contribution in [0.3, 0.4) is 0 Å². The van der Waals surface area contributed by atoms with Crippen molar-refractivity contribution in [2.75, 3.05) is 13.1 Å². The van der Waals surface area contributed by atoms with Gasteiger partial charge in [-0.05, 0) is 36.6 Å². The number of esters is 1. The van der Waals surface area contributed by atoms with E-state index in [0.717, 1.165) is 34.9 Å². The van der Waals surface area contributed by atoms with Crippen molar-refractivity contribution in [1.82, 2.24) is 9.88 Å². The van der Waals surface area contributed by atoms with E-state index in [2.05, 4.69) is 11.1 Å². The third kappa shape index (κ3) is 2.30. The van der Waals surface area contributed by atoms with Crippen molar-refractivity contribution < 1.29 is 14.3 Å². The largest absolute Gasteiger partial charge is 0.449 e. The summed E-state index contributed by atoms with van der Waals surface area (Å²) in [6, 6.07) is 17.6. The molecule has 1 amide bonds. The lowest BCUT2D eigenvalue weighted by Gasteiger charge is -2.27. The topological polar surface area (TPSA) is 59.5 Å². The van der Waals surface area contributed by atoms with Crippen molar-refractivity contribution in [1.29, 1.82) is 0 Å². The Balaban J connectivity index is 1.31. The standard InChI is InChI=1S/C24H20N2O3/c27-21-18-6-2-3-7-19(18)24(29-21)11-12-26(15-24)22(28)23(9-10-23)17-13-16-5-1-4-8-20(16)25-14-17/h1-8,13-14H,9-12,15H2. The van der Waals surface area contributed by atoms with Crippen molar-refractivity contribution in [2.45, 2.75) is 30.3 Å². The number of para-hydroxylation sites is 1. The molecule has 1 unspecified atom stereocenters. The van der Waals surface area contributed by atoms with Crippen LogP contribution in [0.5, 0.6) is 0 Å². The fraction of sp³-hybridized carbons (Fsp3) is 0.292. The van der Waals surface area contributed by atoms with Crippen LogP contribution in [-0.2, 0) is 20.5 Å². The Kier molecular flexibility index (Phi) is 3.26. The number of likely N-dealkylation sites (tertiary alicyclic amines) is 1. The molecule has 0 N–H and O–H groups in total. The summed E-state index contributed by atoms with van der Waals surface area (Å²) in [6.45, 7) is 1.03. The first kappa shape index (κ1) is 16.7. The molecule has 29 heavy (non-hydrogen) atoms. The average molecular weight is 384 g/mol. The van der Waals surface area contributed by atoms with E-state index >= 15 is 0 Å². The van der Waals surface area contributed by atoms with Crippen LogP contribution in [0.4, 0.5) is 0 Å². The van der Waals surface area contributed by atoms with Crippen LogP contribution in [0.15, 0.2) is 60.8 Å². The number of carbonyl (C=O) groups excluding carboxylic acids is 2. The number of hydrogen-bond acceptors (Lipinski definition) is 4. The Morgan fingerprint density at radius 3 is 2.69 bits per heavy atom. The Bertz CT molecular complexity index is 1180. The lowest BCUT2D eigenvalue weighted by Crippen LogP contribution is -2.40. The third-order valence-corrected chi connectivity index (χ3v) is 6.75. The molecule has 2 aromatic carbocycles. The van der Waals surface area contributed by atoms with E-state index in [4.69, 9.17) is 4.74 Å². The number of pyridine rings is 1. The van der Waals surface area contributed by atoms with Crippen LogP contribution < -0.4 is 0 Å². The predicted molar refractivity (Wildman–Crippen MR) is 107 cm³/mol. The van der Waals surface area contributed by atoms with Gasteiger partial charge in [-0.15, -0.1) is 0 Å². The van der Waals surface area contributed by atoms with Crippen LogP contribution in [0.25, 0.3) is 10.9 Å². The van der Waals surface area contributed by atoms with Crippen LogP contribution in [0.2, 0.25) is 0 Å². The molecule has 1 spiro atoms. The first-order valence-electron chi connectivity index (χ1n) is 10.1. The molecule has 3 aromatic rings. The molecule has 0 radical (unpaired) electrons. The zero-order chi connectivity index (χ0) is 19.6. The van der Waals surface area contributed by atoms with Gasteiger partial charge in [0.2, 0.25) is 5.91 Å². The van der Waals surface area contributed by atoms with Crippen molar-refractivity contribution in [2.24, 2.45) is 0 Å². The molecule has 5 nitrogen and oxygen atoms in total. The molecule has 5 heteroatoms. The molecule has 1 aliphatic carbocycles. The van der Waals surface area contributed by atoms with E-state index in [1.807, 2.05) is 53.6 Å². The summed E-state index contributed by atoms with van der Waals surface area (Å²) >= 11 is 0. The van der Waals surface area contributed by atoms with Crippen LogP contribution >= 0.6 is 0 Å². The summed E-state index contributed by atoms with van der Waals surface area (Å²) in [4.78, 5) is 32.3. The maximum Gasteiger partial charge on any atom is 0.339 e. The van der Waals surface area contributed by atoms with Gasteiger partial charge in [0.15, 0.2) is 5.60 Å². The van der Waals surface area contributed by atoms with Gasteiger partial charge < -0.3 is 9.64 Å². The van der Waals surface area contributed by atoms with Crippen LogP contribution in [0.1, 0.15) is 40.7 Å². The molecule has 3 aliphatic rings. The number of amides is 1. The SMILES string of the molecule is O=C1OC2(CCN(C(=O)C3(c4cnc5ccccc5c4)CC3)C2)c2ccccc21. The number of hydrogen-bond donors (Lipinski definition) is 0. The minimum atomic E-state index is -0.693. The van der Waals surface area contributed by atoms with Gasteiger partial charge in [0.05, 0.1) is 23.0 Å². The predicted octanol–water partition coefficient (Wildman–Crippen LogP) is 3.56. The molecular formula is C24H20N2O3. The van der Waals surface area contributed by atoms with Gasteiger partial charge in [-0.2, -0.15) is 0 Å². The van der Waals surface area contributed by atoms with Gasteiger partial charge in [-0.25, -0.2) is 4.79 Å². The molecule has 1 atom stereocenters. The van der Waals surface area contributed by atoms with Gasteiger partial charge in [0.1, 0.15) is 0 Å². The highest BCUT2D eigenvalue weighted by Gasteiger charge is 2.57. The molecule has 3 heterocycles. The number of carbonyl (C=O) groups is 2. The molecule has 1 saturated heterocycles. The second-order valence-electron chi connectivity index (χ2n) is 8.40. The summed E-state index contributed by atoms with van der Waals surface area (Å²) in [6.07, 6.45) is 4.18. The number of fused-ring (bicyclic) bond motifs is 3. The monoisotopic (exact) mass is 384 g/mol. The van der Waals surface area contributed by atoms with Gasteiger partial charge in [-0.1, -0.05) is 36.4 Å². The number of benzene rings is 2. The highest BCUT2D eigenvalue weighted by molar-refractivity contribution is 5.96. The van der Waals surface area contributed by atoms with E-state index in [1.54, 1.807) is 6.07 Å². The van der Waals surface area contributed by atoms with Crippen molar-refractivity contribution in [3.63, 3.8) is 0 Å². The number of rotatable bonds is 2. The second-order valence-corrected chi connectivity index (χ2v) is 8.40. The molecule has 1 aromatic heterocycles. The van der Waals surface area contributed by atoms with Crippen molar-refractivity contribution >= 4 is 22.8 Å². The van der Waals surface area contributed by atoms with Gasteiger partial charge >= 0.3 is 5.97 Å². The maximum atomic E-state index is 13.6. The Hall–Kier alpha value is -3.21. The molecule has 2 aliphatic heterocycles. The molecule has 1 saturated carbocycles. The molecule has 6 rings (SSSR count). The number of aromatic nitrogens is 1. The summed E-state index contributed by atoms with van der Waals surface area (Å²) in [7, 11) is 0. The lowest BCUT2D eigenvalue weighted by molar-refractivity contribution is -0.134. The van der Waals surface area contributed by atoms with E-state index in [0.29, 0.717) is 25.1 Å². The second kappa shape index (κ2) is 5.66. The Labute approximate surface area is 168 Å². The fourth-order valence-corrected chi connectivity index (χ4v) is 4.99. The molecular weight excluding hydrogens is 364 g/mol. The van der Waals surface area contributed by atoms with Crippen LogP contribution in [-0.4, -0.2) is 34.8 Å². The lowest BCUT2D eigenvalue weighted by atomic mass is 9.91. The zero-order valence-electron chi connectivity index (χ0n) is 15.9. The molecule has 2 fully saturated rings. The van der Waals surface area contributed by atoms with Crippen LogP contribution in [0, 0.1) is 0 Å². The smallest absolute Gasteiger partial charge is 0.339 e. The zero-order valence-corrected chi connectivity index (χ0v) is 15.9. The van der Waals surface area contributed by atoms with E-state index in [1.165, 1.54) is 0 Å². The van der Waals surface area contributed by atoms with E-state index in [-0.39, 0.29) is 11.9 Å². The van der Waals surface area contributed by atoms with Gasteiger partial charge in [0, 0.05) is 30.1 Å². The average Bonchev–Trinajstić information content (AvgIpc) is 3.39. The Morgan fingerprint density at radius 1 is 1.03 bits per heavy atom. The van der Waals surface area contributed by atoms with E-state index < -0.39 is 11.0 Å². The van der Waals surface area contributed by atoms with E-state index in [9.17, 15) is 9.59 Å². The first-order valence-corrected chi connectivity index (χ1v) is 10.1. The highest BCUT2D eigenvalue weighted by Crippen LogP contribution is 2.52. The number of nitrogens with zero attached hydrogens (tertiary/aromatic N) is 2. The minimum Gasteiger partial charge on any atom is -0.449 e. The molecule has 144 valence electrons. The van der Waals surface area contributed by atoms with Crippen molar-refractivity contribution in [3.8, 4) is 0 Å². The fourth-order valence-electron chi connectivity index (χ4n) is 4.99. The minimum absolute atomic E-state index is 0.131. The highest BCUT2D eigenvalue weighted by atomic mass is 16.6. The van der Waals surface area contributed by atoms with Gasteiger partial charge in [-0.3, -0.25) is 9.78 Å². The summed E-state index contributed by atoms with van der Waals surface area (Å²) in [5, 5.41) is 1.06. The first-order chi connectivity index (χ1) is 14.1. The summed E-state index contributed by atoms with van der Waals surface area (Å²) < 4.78 is 5.81. The molecule has 0 bridgehead atoms. The third-order valence-electron chi connectivity index (χ3n) is 6.75. The van der Waals surface area contributed by atoms with Crippen molar-refractivity contribution in [3.05, 3.63) is 77.5 Å².